The third kappa shape index (κ3) is 4.42. The summed E-state index contributed by atoms with van der Waals surface area (Å²) in [7, 11) is 0. The van der Waals surface area contributed by atoms with Gasteiger partial charge in [0.25, 0.3) is 0 Å². The zero-order valence-electron chi connectivity index (χ0n) is 17.7. The molecule has 2 heterocycles. The van der Waals surface area contributed by atoms with Gasteiger partial charge < -0.3 is 20.2 Å². The number of hydrogen-bond donors (Lipinski definition) is 2. The van der Waals surface area contributed by atoms with Crippen LogP contribution in [0.2, 0.25) is 5.02 Å². The van der Waals surface area contributed by atoms with Gasteiger partial charge >= 0.3 is 6.03 Å². The summed E-state index contributed by atoms with van der Waals surface area (Å²) < 4.78 is 0. The normalized spacial score (nSPS) is 25.2. The van der Waals surface area contributed by atoms with E-state index >= 15 is 0 Å². The molecule has 3 aliphatic rings. The number of anilines is 1. The van der Waals surface area contributed by atoms with Gasteiger partial charge in [-0.25, -0.2) is 9.78 Å². The van der Waals surface area contributed by atoms with Crippen LogP contribution in [0.25, 0.3) is 0 Å². The lowest BCUT2D eigenvalue weighted by atomic mass is 10.0. The van der Waals surface area contributed by atoms with Crippen molar-refractivity contribution in [2.45, 2.75) is 63.1 Å². The number of hydrogen-bond acceptors (Lipinski definition) is 5. The van der Waals surface area contributed by atoms with Crippen LogP contribution in [-0.2, 0) is 0 Å². The number of piperidine rings is 1. The summed E-state index contributed by atoms with van der Waals surface area (Å²) in [5, 5.41) is 13.8. The molecule has 1 aromatic carbocycles. The Labute approximate surface area is 187 Å². The summed E-state index contributed by atoms with van der Waals surface area (Å²) in [4.78, 5) is 25.9. The van der Waals surface area contributed by atoms with E-state index in [0.29, 0.717) is 24.5 Å². The number of halogens is 1. The Morgan fingerprint density at radius 1 is 1.26 bits per heavy atom. The number of aromatic hydroxyl groups is 1. The van der Waals surface area contributed by atoms with E-state index in [-0.39, 0.29) is 24.0 Å². The van der Waals surface area contributed by atoms with E-state index in [0.717, 1.165) is 49.2 Å². The molecule has 1 saturated heterocycles. The van der Waals surface area contributed by atoms with Gasteiger partial charge in [0.05, 0.1) is 6.04 Å². The Bertz CT molecular complexity index is 982. The van der Waals surface area contributed by atoms with E-state index in [1.165, 1.54) is 11.6 Å². The molecule has 3 atom stereocenters. The van der Waals surface area contributed by atoms with Crippen LogP contribution in [-0.4, -0.2) is 57.2 Å². The lowest BCUT2D eigenvalue weighted by Gasteiger charge is -2.39. The minimum atomic E-state index is -0.0267. The Morgan fingerprint density at radius 3 is 2.84 bits per heavy atom. The molecule has 2 saturated carbocycles. The first-order valence-corrected chi connectivity index (χ1v) is 11.5. The number of benzene rings is 1. The van der Waals surface area contributed by atoms with Crippen LogP contribution in [0.4, 0.5) is 10.7 Å². The maximum atomic E-state index is 13.3. The predicted molar refractivity (Wildman–Crippen MR) is 120 cm³/mol. The molecule has 0 bridgehead atoms. The van der Waals surface area contributed by atoms with E-state index in [1.54, 1.807) is 6.20 Å². The van der Waals surface area contributed by atoms with E-state index < -0.39 is 0 Å². The molecule has 7 nitrogen and oxygen atoms in total. The number of amides is 2. The molecule has 3 fully saturated rings. The molecule has 1 aromatic heterocycles. The van der Waals surface area contributed by atoms with Crippen LogP contribution in [0.1, 0.15) is 49.1 Å². The summed E-state index contributed by atoms with van der Waals surface area (Å²) in [6.07, 6.45) is 6.62. The fraction of sp³-hybridized carbons (Fsp3) is 0.522. The molecule has 2 amide bonds. The fourth-order valence-corrected chi connectivity index (χ4v) is 4.81. The molecule has 8 heteroatoms. The predicted octanol–water partition coefficient (Wildman–Crippen LogP) is 3.84. The average molecular weight is 442 g/mol. The second-order valence-electron chi connectivity index (χ2n) is 9.00. The van der Waals surface area contributed by atoms with Crippen LogP contribution >= 0.6 is 11.6 Å². The molecule has 164 valence electrons. The van der Waals surface area contributed by atoms with Crippen LogP contribution in [0.15, 0.2) is 30.5 Å². The molecule has 5 rings (SSSR count). The smallest absolute Gasteiger partial charge is 0.318 e. The Morgan fingerprint density at radius 2 is 2.10 bits per heavy atom. The lowest BCUT2D eigenvalue weighted by Crippen LogP contribution is -2.54. The quantitative estimate of drug-likeness (QED) is 0.736. The molecular formula is C23H28ClN5O2. The number of urea groups is 1. The first kappa shape index (κ1) is 20.4. The number of carbonyl (C=O) groups excluding carboxylic acids is 1. The standard InChI is InChI=1S/C23H28ClN5O2/c1-14-11-15(4-7-19(14)24)18-12-20(18)26-23(31)29(16-5-6-16)17-3-2-10-28(13-17)22-25-9-8-21(30)27-22/h4,7-9,11,16-18,20H,2-3,5-6,10,12-13H2,1H3,(H,26,31)(H,25,27,30)/t17-,18+,20-/m1/s1. The molecule has 0 spiro atoms. The van der Waals surface area contributed by atoms with E-state index in [1.807, 2.05) is 13.0 Å². The maximum absolute atomic E-state index is 13.3. The van der Waals surface area contributed by atoms with Gasteiger partial charge in [0, 0.05) is 48.4 Å². The zero-order valence-corrected chi connectivity index (χ0v) is 18.4. The fourth-order valence-electron chi connectivity index (χ4n) is 4.69. The minimum Gasteiger partial charge on any atom is -0.493 e. The molecule has 1 aliphatic heterocycles. The van der Waals surface area contributed by atoms with Crippen LogP contribution in [0.3, 0.4) is 0 Å². The van der Waals surface area contributed by atoms with Crippen molar-refractivity contribution in [1.82, 2.24) is 20.2 Å². The molecule has 0 radical (unpaired) electrons. The van der Waals surface area contributed by atoms with Crippen molar-refractivity contribution in [1.29, 1.82) is 0 Å². The van der Waals surface area contributed by atoms with Crippen molar-refractivity contribution in [3.63, 3.8) is 0 Å². The van der Waals surface area contributed by atoms with Crippen molar-refractivity contribution in [3.8, 4) is 5.88 Å². The molecule has 0 unspecified atom stereocenters. The highest BCUT2D eigenvalue weighted by molar-refractivity contribution is 6.31. The van der Waals surface area contributed by atoms with Crippen molar-refractivity contribution >= 4 is 23.6 Å². The second kappa shape index (κ2) is 8.19. The number of nitrogens with zero attached hydrogens (tertiary/aromatic N) is 4. The summed E-state index contributed by atoms with van der Waals surface area (Å²) in [6.45, 7) is 3.54. The van der Waals surface area contributed by atoms with Crippen LogP contribution in [0.5, 0.6) is 5.88 Å². The van der Waals surface area contributed by atoms with Gasteiger partial charge in [-0.3, -0.25) is 0 Å². The molecular weight excluding hydrogens is 414 g/mol. The number of rotatable bonds is 5. The van der Waals surface area contributed by atoms with Crippen molar-refractivity contribution in [3.05, 3.63) is 46.6 Å². The number of carbonyl (C=O) groups is 1. The van der Waals surface area contributed by atoms with Gasteiger partial charge in [0.15, 0.2) is 0 Å². The highest BCUT2D eigenvalue weighted by Crippen LogP contribution is 2.42. The van der Waals surface area contributed by atoms with Gasteiger partial charge in [-0.1, -0.05) is 23.7 Å². The highest BCUT2D eigenvalue weighted by atomic mass is 35.5. The Hall–Kier alpha value is -2.54. The zero-order chi connectivity index (χ0) is 21.5. The monoisotopic (exact) mass is 441 g/mol. The number of aryl methyl sites for hydroxylation is 1. The first-order chi connectivity index (χ1) is 15.0. The van der Waals surface area contributed by atoms with Crippen LogP contribution in [0, 0.1) is 6.92 Å². The minimum absolute atomic E-state index is 0.0267. The third-order valence-electron chi connectivity index (χ3n) is 6.59. The summed E-state index contributed by atoms with van der Waals surface area (Å²) in [5.41, 5.74) is 2.32. The maximum Gasteiger partial charge on any atom is 0.318 e. The molecule has 2 aromatic rings. The van der Waals surface area contributed by atoms with E-state index in [9.17, 15) is 9.90 Å². The Kier molecular flexibility index (Phi) is 5.38. The average Bonchev–Trinajstić information content (AvgIpc) is 3.68. The summed E-state index contributed by atoms with van der Waals surface area (Å²) in [5.74, 6) is 0.867. The third-order valence-corrected chi connectivity index (χ3v) is 7.01. The Balaban J connectivity index is 1.24. The number of aromatic nitrogens is 2. The molecule has 2 N–H and O–H groups in total. The van der Waals surface area contributed by atoms with E-state index in [4.69, 9.17) is 11.6 Å². The number of nitrogens with one attached hydrogen (secondary N) is 1. The van der Waals surface area contributed by atoms with Crippen molar-refractivity contribution in [2.75, 3.05) is 18.0 Å². The lowest BCUT2D eigenvalue weighted by molar-refractivity contribution is 0.160. The van der Waals surface area contributed by atoms with Gasteiger partial charge in [-0.2, -0.15) is 4.98 Å². The van der Waals surface area contributed by atoms with Gasteiger partial charge in [0.2, 0.25) is 11.8 Å². The van der Waals surface area contributed by atoms with Crippen molar-refractivity contribution < 1.29 is 9.90 Å². The summed E-state index contributed by atoms with van der Waals surface area (Å²) in [6, 6.07) is 8.30. The van der Waals surface area contributed by atoms with Crippen molar-refractivity contribution in [2.24, 2.45) is 0 Å². The molecule has 31 heavy (non-hydrogen) atoms. The van der Waals surface area contributed by atoms with Crippen LogP contribution < -0.4 is 10.2 Å². The van der Waals surface area contributed by atoms with Gasteiger partial charge in [-0.05, 0) is 56.2 Å². The first-order valence-electron chi connectivity index (χ1n) is 11.1. The summed E-state index contributed by atoms with van der Waals surface area (Å²) >= 11 is 6.16. The second-order valence-corrected chi connectivity index (χ2v) is 9.41. The topological polar surface area (TPSA) is 81.6 Å². The highest BCUT2D eigenvalue weighted by Gasteiger charge is 2.44. The SMILES string of the molecule is Cc1cc([C@@H]2C[C@H]2NC(=O)N(C2CC2)[C@@H]2CCCN(c3nccc(O)n3)C2)ccc1Cl. The van der Waals surface area contributed by atoms with E-state index in [2.05, 4.69) is 37.2 Å². The van der Waals surface area contributed by atoms with Gasteiger partial charge in [0.1, 0.15) is 0 Å². The van der Waals surface area contributed by atoms with Gasteiger partial charge in [-0.15, -0.1) is 0 Å². The largest absolute Gasteiger partial charge is 0.493 e. The molecule has 2 aliphatic carbocycles.